The molecular formula is C19H35N5. The van der Waals surface area contributed by atoms with Crippen molar-refractivity contribution in [2.45, 2.75) is 59.4 Å². The molecule has 0 aromatic carbocycles. The summed E-state index contributed by atoms with van der Waals surface area (Å²) in [6.07, 6.45) is 10.8. The molecule has 2 atom stereocenters. The predicted molar refractivity (Wildman–Crippen MR) is 101 cm³/mol. The molecular weight excluding hydrogens is 298 g/mol. The number of hydrogen-bond acceptors (Lipinski definition) is 2. The standard InChI is InChI=1S/C19H35N5/c1-16-8-12-23(14-17(16)24-13-11-21-15-24)18(20-5)22-10-7-6-9-19(2,3)4/h11,13,15-17H,6-10,12,14H2,1-5H3,(H,20,22). The Balaban J connectivity index is 1.82. The first-order valence-corrected chi connectivity index (χ1v) is 9.34. The van der Waals surface area contributed by atoms with Crippen LogP contribution in [0.4, 0.5) is 0 Å². The van der Waals surface area contributed by atoms with Crippen molar-refractivity contribution in [3.63, 3.8) is 0 Å². The van der Waals surface area contributed by atoms with Crippen molar-refractivity contribution in [1.82, 2.24) is 19.8 Å². The first-order chi connectivity index (χ1) is 11.4. The first-order valence-electron chi connectivity index (χ1n) is 9.34. The van der Waals surface area contributed by atoms with Crippen molar-refractivity contribution in [2.24, 2.45) is 16.3 Å². The van der Waals surface area contributed by atoms with E-state index in [1.807, 2.05) is 19.6 Å². The first kappa shape index (κ1) is 18.8. The van der Waals surface area contributed by atoms with Gasteiger partial charge in [-0.3, -0.25) is 4.99 Å². The molecule has 2 unspecified atom stereocenters. The summed E-state index contributed by atoms with van der Waals surface area (Å²) in [4.78, 5) is 11.1. The lowest BCUT2D eigenvalue weighted by Gasteiger charge is -2.39. The molecule has 2 heterocycles. The van der Waals surface area contributed by atoms with E-state index in [2.05, 4.69) is 58.7 Å². The maximum atomic E-state index is 4.51. The third-order valence-corrected chi connectivity index (χ3v) is 4.97. The lowest BCUT2D eigenvalue weighted by Crippen LogP contribution is -2.49. The number of imidazole rings is 1. The van der Waals surface area contributed by atoms with Gasteiger partial charge in [0.15, 0.2) is 5.96 Å². The van der Waals surface area contributed by atoms with Crippen LogP contribution in [0.2, 0.25) is 0 Å². The zero-order valence-corrected chi connectivity index (χ0v) is 16.1. The lowest BCUT2D eigenvalue weighted by atomic mass is 9.90. The number of nitrogens with zero attached hydrogens (tertiary/aromatic N) is 4. The molecule has 2 rings (SSSR count). The fourth-order valence-corrected chi connectivity index (χ4v) is 3.41. The van der Waals surface area contributed by atoms with E-state index < -0.39 is 0 Å². The molecule has 0 bridgehead atoms. The fourth-order valence-electron chi connectivity index (χ4n) is 3.41. The molecule has 1 aromatic rings. The highest BCUT2D eigenvalue weighted by molar-refractivity contribution is 5.80. The van der Waals surface area contributed by atoms with E-state index in [0.29, 0.717) is 17.4 Å². The van der Waals surface area contributed by atoms with Crippen LogP contribution in [0.1, 0.15) is 59.4 Å². The predicted octanol–water partition coefficient (Wildman–Crippen LogP) is 3.56. The number of hydrogen-bond donors (Lipinski definition) is 1. The van der Waals surface area contributed by atoms with Crippen LogP contribution < -0.4 is 5.32 Å². The summed E-state index contributed by atoms with van der Waals surface area (Å²) >= 11 is 0. The van der Waals surface area contributed by atoms with Gasteiger partial charge in [-0.05, 0) is 30.6 Å². The van der Waals surface area contributed by atoms with Gasteiger partial charge in [0.2, 0.25) is 0 Å². The van der Waals surface area contributed by atoms with Crippen LogP contribution in [0.15, 0.2) is 23.7 Å². The van der Waals surface area contributed by atoms with E-state index in [0.717, 1.165) is 25.6 Å². The Bertz CT molecular complexity index is 500. The Morgan fingerprint density at radius 1 is 1.33 bits per heavy atom. The van der Waals surface area contributed by atoms with Crippen molar-refractivity contribution in [3.8, 4) is 0 Å². The number of piperidine rings is 1. The van der Waals surface area contributed by atoms with Gasteiger partial charge < -0.3 is 14.8 Å². The van der Waals surface area contributed by atoms with E-state index in [-0.39, 0.29) is 0 Å². The number of aromatic nitrogens is 2. The van der Waals surface area contributed by atoms with Gasteiger partial charge in [-0.25, -0.2) is 4.98 Å². The van der Waals surface area contributed by atoms with Gasteiger partial charge in [-0.1, -0.05) is 34.1 Å². The highest BCUT2D eigenvalue weighted by atomic mass is 15.3. The molecule has 0 amide bonds. The van der Waals surface area contributed by atoms with Gasteiger partial charge >= 0.3 is 0 Å². The molecule has 0 radical (unpaired) electrons. The maximum absolute atomic E-state index is 4.51. The van der Waals surface area contributed by atoms with Crippen LogP contribution >= 0.6 is 0 Å². The van der Waals surface area contributed by atoms with Crippen LogP contribution in [-0.2, 0) is 0 Å². The van der Waals surface area contributed by atoms with Crippen LogP contribution in [0, 0.1) is 11.3 Å². The molecule has 1 saturated heterocycles. The number of unbranched alkanes of at least 4 members (excludes halogenated alkanes) is 1. The molecule has 0 spiro atoms. The normalized spacial score (nSPS) is 22.7. The van der Waals surface area contributed by atoms with Crippen LogP contribution in [0.3, 0.4) is 0 Å². The molecule has 1 aromatic heterocycles. The van der Waals surface area contributed by atoms with Gasteiger partial charge in [0.1, 0.15) is 0 Å². The quantitative estimate of drug-likeness (QED) is 0.509. The summed E-state index contributed by atoms with van der Waals surface area (Å²) in [5.41, 5.74) is 0.433. The van der Waals surface area contributed by atoms with Gasteiger partial charge in [0.25, 0.3) is 0 Å². The Kier molecular flexibility index (Phi) is 6.69. The summed E-state index contributed by atoms with van der Waals surface area (Å²) in [5, 5.41) is 3.56. The fraction of sp³-hybridized carbons (Fsp3) is 0.789. The molecule has 24 heavy (non-hydrogen) atoms. The van der Waals surface area contributed by atoms with Crippen molar-refractivity contribution in [1.29, 1.82) is 0 Å². The molecule has 5 nitrogen and oxygen atoms in total. The minimum Gasteiger partial charge on any atom is -0.356 e. The molecule has 136 valence electrons. The largest absolute Gasteiger partial charge is 0.356 e. The Hall–Kier alpha value is -1.52. The van der Waals surface area contributed by atoms with E-state index in [1.54, 1.807) is 0 Å². The Labute approximate surface area is 147 Å². The van der Waals surface area contributed by atoms with Crippen molar-refractivity contribution in [3.05, 3.63) is 18.7 Å². The average molecular weight is 334 g/mol. The van der Waals surface area contributed by atoms with Crippen molar-refractivity contribution in [2.75, 3.05) is 26.7 Å². The van der Waals surface area contributed by atoms with E-state index in [9.17, 15) is 0 Å². The van der Waals surface area contributed by atoms with Gasteiger partial charge in [0.05, 0.1) is 12.4 Å². The van der Waals surface area contributed by atoms with E-state index >= 15 is 0 Å². The zero-order chi connectivity index (χ0) is 17.6. The number of guanidine groups is 1. The molecule has 1 aliphatic heterocycles. The SMILES string of the molecule is CN=C(NCCCCC(C)(C)C)N1CCC(C)C(n2ccnc2)C1. The summed E-state index contributed by atoms with van der Waals surface area (Å²) in [7, 11) is 1.89. The van der Waals surface area contributed by atoms with Crippen LogP contribution in [0.5, 0.6) is 0 Å². The average Bonchev–Trinajstić information content (AvgIpc) is 3.05. The number of likely N-dealkylation sites (tertiary alicyclic amines) is 1. The third-order valence-electron chi connectivity index (χ3n) is 4.97. The lowest BCUT2D eigenvalue weighted by molar-refractivity contribution is 0.189. The van der Waals surface area contributed by atoms with Gasteiger partial charge in [-0.15, -0.1) is 0 Å². The molecule has 5 heteroatoms. The van der Waals surface area contributed by atoms with Crippen LogP contribution in [0.25, 0.3) is 0 Å². The highest BCUT2D eigenvalue weighted by Gasteiger charge is 2.28. The summed E-state index contributed by atoms with van der Waals surface area (Å²) < 4.78 is 2.24. The minimum absolute atomic E-state index is 0.433. The molecule has 0 aliphatic carbocycles. The third kappa shape index (κ3) is 5.53. The van der Waals surface area contributed by atoms with Gasteiger partial charge in [0, 0.05) is 39.1 Å². The molecule has 0 saturated carbocycles. The van der Waals surface area contributed by atoms with E-state index in [1.165, 1.54) is 25.7 Å². The second kappa shape index (κ2) is 8.54. The smallest absolute Gasteiger partial charge is 0.193 e. The Morgan fingerprint density at radius 2 is 2.12 bits per heavy atom. The van der Waals surface area contributed by atoms with Crippen molar-refractivity contribution < 1.29 is 0 Å². The number of aliphatic imine (C=N–C) groups is 1. The summed E-state index contributed by atoms with van der Waals surface area (Å²) in [6.45, 7) is 12.3. The Morgan fingerprint density at radius 3 is 2.75 bits per heavy atom. The van der Waals surface area contributed by atoms with Crippen molar-refractivity contribution >= 4 is 5.96 Å². The van der Waals surface area contributed by atoms with E-state index in [4.69, 9.17) is 0 Å². The molecule has 1 aliphatic rings. The summed E-state index contributed by atoms with van der Waals surface area (Å²) in [6, 6.07) is 0.473. The second-order valence-electron chi connectivity index (χ2n) is 8.28. The second-order valence-corrected chi connectivity index (χ2v) is 8.28. The van der Waals surface area contributed by atoms with Gasteiger partial charge in [-0.2, -0.15) is 0 Å². The number of rotatable bonds is 5. The highest BCUT2D eigenvalue weighted by Crippen LogP contribution is 2.27. The molecule has 1 N–H and O–H groups in total. The minimum atomic E-state index is 0.433. The summed E-state index contributed by atoms with van der Waals surface area (Å²) in [5.74, 6) is 1.71. The molecule has 1 fully saturated rings. The monoisotopic (exact) mass is 333 g/mol. The van der Waals surface area contributed by atoms with Crippen LogP contribution in [-0.4, -0.2) is 47.1 Å². The topological polar surface area (TPSA) is 45.5 Å². The zero-order valence-electron chi connectivity index (χ0n) is 16.1. The number of nitrogens with one attached hydrogen (secondary N) is 1. The maximum Gasteiger partial charge on any atom is 0.193 e.